The van der Waals surface area contributed by atoms with Crippen molar-refractivity contribution < 1.29 is 9.84 Å². The van der Waals surface area contributed by atoms with E-state index < -0.39 is 0 Å². The van der Waals surface area contributed by atoms with Gasteiger partial charge in [0.05, 0.1) is 12.2 Å². The SMILES string of the molecule is OC(Cc1ccc(Br)cc1Cl)CC1CCCCO1. The van der Waals surface area contributed by atoms with Crippen molar-refractivity contribution in [3.63, 3.8) is 0 Å². The molecule has 1 N–H and O–H groups in total. The molecule has 2 rings (SSSR count). The van der Waals surface area contributed by atoms with Crippen LogP contribution in [-0.2, 0) is 11.2 Å². The average Bonchev–Trinajstić information content (AvgIpc) is 2.34. The lowest BCUT2D eigenvalue weighted by molar-refractivity contribution is -0.0147. The fourth-order valence-electron chi connectivity index (χ4n) is 2.32. The monoisotopic (exact) mass is 332 g/mol. The smallest absolute Gasteiger partial charge is 0.0605 e. The average molecular weight is 334 g/mol. The van der Waals surface area contributed by atoms with Crippen LogP contribution < -0.4 is 0 Å². The Morgan fingerprint density at radius 2 is 2.28 bits per heavy atom. The van der Waals surface area contributed by atoms with Gasteiger partial charge in [-0.1, -0.05) is 33.6 Å². The van der Waals surface area contributed by atoms with Gasteiger partial charge in [-0.2, -0.15) is 0 Å². The van der Waals surface area contributed by atoms with Crippen LogP contribution in [0.3, 0.4) is 0 Å². The summed E-state index contributed by atoms with van der Waals surface area (Å²) in [4.78, 5) is 0. The molecule has 1 heterocycles. The highest BCUT2D eigenvalue weighted by Crippen LogP contribution is 2.24. The van der Waals surface area contributed by atoms with E-state index in [4.69, 9.17) is 16.3 Å². The molecular formula is C14H18BrClO2. The molecule has 1 aliphatic rings. The van der Waals surface area contributed by atoms with Gasteiger partial charge in [0.2, 0.25) is 0 Å². The Bertz CT molecular complexity index is 391. The normalized spacial score (nSPS) is 21.8. The zero-order valence-electron chi connectivity index (χ0n) is 10.2. The highest BCUT2D eigenvalue weighted by molar-refractivity contribution is 9.10. The van der Waals surface area contributed by atoms with E-state index in [0.717, 1.165) is 29.5 Å². The predicted molar refractivity (Wildman–Crippen MR) is 77.1 cm³/mol. The second-order valence-electron chi connectivity index (χ2n) is 4.82. The van der Waals surface area contributed by atoms with Gasteiger partial charge in [-0.15, -0.1) is 0 Å². The molecule has 0 aromatic heterocycles. The number of benzene rings is 1. The molecule has 2 unspecified atom stereocenters. The van der Waals surface area contributed by atoms with Crippen LogP contribution in [-0.4, -0.2) is 23.9 Å². The van der Waals surface area contributed by atoms with Crippen molar-refractivity contribution in [3.05, 3.63) is 33.3 Å². The largest absolute Gasteiger partial charge is 0.393 e. The third-order valence-electron chi connectivity index (χ3n) is 3.28. The summed E-state index contributed by atoms with van der Waals surface area (Å²) in [5, 5.41) is 10.8. The van der Waals surface area contributed by atoms with Crippen molar-refractivity contribution in [1.29, 1.82) is 0 Å². The van der Waals surface area contributed by atoms with E-state index in [1.54, 1.807) is 0 Å². The highest BCUT2D eigenvalue weighted by Gasteiger charge is 2.19. The lowest BCUT2D eigenvalue weighted by Crippen LogP contribution is -2.25. The molecule has 18 heavy (non-hydrogen) atoms. The molecule has 100 valence electrons. The van der Waals surface area contributed by atoms with Gasteiger partial charge in [0.15, 0.2) is 0 Å². The topological polar surface area (TPSA) is 29.5 Å². The number of rotatable bonds is 4. The van der Waals surface area contributed by atoms with Crippen molar-refractivity contribution in [2.24, 2.45) is 0 Å². The molecule has 0 bridgehead atoms. The number of aliphatic hydroxyl groups is 1. The van der Waals surface area contributed by atoms with Gasteiger partial charge in [0, 0.05) is 16.1 Å². The Morgan fingerprint density at radius 3 is 2.94 bits per heavy atom. The van der Waals surface area contributed by atoms with Gasteiger partial charge < -0.3 is 9.84 Å². The van der Waals surface area contributed by atoms with Crippen LogP contribution in [0.5, 0.6) is 0 Å². The third kappa shape index (κ3) is 4.23. The van der Waals surface area contributed by atoms with Gasteiger partial charge in [0.25, 0.3) is 0 Å². The molecule has 0 saturated carbocycles. The number of ether oxygens (including phenoxy) is 1. The van der Waals surface area contributed by atoms with Crippen molar-refractivity contribution in [2.75, 3.05) is 6.61 Å². The molecule has 2 atom stereocenters. The van der Waals surface area contributed by atoms with Gasteiger partial charge in [-0.05, 0) is 49.8 Å². The fraction of sp³-hybridized carbons (Fsp3) is 0.571. The minimum atomic E-state index is -0.383. The van der Waals surface area contributed by atoms with E-state index in [1.165, 1.54) is 6.42 Å². The first kappa shape index (κ1) is 14.3. The maximum atomic E-state index is 10.1. The van der Waals surface area contributed by atoms with Crippen LogP contribution >= 0.6 is 27.5 Å². The summed E-state index contributed by atoms with van der Waals surface area (Å²) in [6.45, 7) is 0.830. The van der Waals surface area contributed by atoms with Crippen LogP contribution in [0.25, 0.3) is 0 Å². The maximum Gasteiger partial charge on any atom is 0.0605 e. The summed E-state index contributed by atoms with van der Waals surface area (Å²) in [6.07, 6.45) is 4.53. The summed E-state index contributed by atoms with van der Waals surface area (Å²) in [5.41, 5.74) is 0.989. The van der Waals surface area contributed by atoms with E-state index in [2.05, 4.69) is 15.9 Å². The first-order chi connectivity index (χ1) is 8.65. The maximum absolute atomic E-state index is 10.1. The zero-order chi connectivity index (χ0) is 13.0. The third-order valence-corrected chi connectivity index (χ3v) is 4.12. The number of hydrogen-bond donors (Lipinski definition) is 1. The highest BCUT2D eigenvalue weighted by atomic mass is 79.9. The van der Waals surface area contributed by atoms with Crippen molar-refractivity contribution >= 4 is 27.5 Å². The summed E-state index contributed by atoms with van der Waals surface area (Å²) >= 11 is 9.52. The first-order valence-electron chi connectivity index (χ1n) is 6.39. The van der Waals surface area contributed by atoms with Crippen LogP contribution in [0.4, 0.5) is 0 Å². The van der Waals surface area contributed by atoms with Crippen LogP contribution in [0.15, 0.2) is 22.7 Å². The molecule has 0 aliphatic carbocycles. The standard InChI is InChI=1S/C14H18BrClO2/c15-11-5-4-10(14(16)8-11)7-12(17)9-13-3-1-2-6-18-13/h4-5,8,12-13,17H,1-3,6-7,9H2. The minimum Gasteiger partial charge on any atom is -0.393 e. The molecule has 1 aliphatic heterocycles. The minimum absolute atomic E-state index is 0.211. The lowest BCUT2D eigenvalue weighted by Gasteiger charge is -2.24. The van der Waals surface area contributed by atoms with Crippen molar-refractivity contribution in [2.45, 2.75) is 44.3 Å². The summed E-state index contributed by atoms with van der Waals surface area (Å²) in [7, 11) is 0. The summed E-state index contributed by atoms with van der Waals surface area (Å²) in [5.74, 6) is 0. The quantitative estimate of drug-likeness (QED) is 0.903. The second-order valence-corrected chi connectivity index (χ2v) is 6.14. The molecule has 1 aromatic rings. The van der Waals surface area contributed by atoms with Crippen LogP contribution in [0.2, 0.25) is 5.02 Å². The Hall–Kier alpha value is -0.0900. The Kier molecular flexibility index (Phi) is 5.49. The van der Waals surface area contributed by atoms with E-state index in [9.17, 15) is 5.11 Å². The van der Waals surface area contributed by atoms with Crippen molar-refractivity contribution in [1.82, 2.24) is 0 Å². The zero-order valence-corrected chi connectivity index (χ0v) is 12.6. The van der Waals surface area contributed by atoms with Crippen LogP contribution in [0, 0.1) is 0 Å². The Labute approximate surface area is 121 Å². The molecule has 4 heteroatoms. The molecular weight excluding hydrogens is 316 g/mol. The summed E-state index contributed by atoms with van der Waals surface area (Å²) in [6, 6.07) is 5.77. The predicted octanol–water partition coefficient (Wildman–Crippen LogP) is 3.97. The van der Waals surface area contributed by atoms with Gasteiger partial charge >= 0.3 is 0 Å². The van der Waals surface area contributed by atoms with Crippen molar-refractivity contribution in [3.8, 4) is 0 Å². The lowest BCUT2D eigenvalue weighted by atomic mass is 9.99. The van der Waals surface area contributed by atoms with E-state index in [-0.39, 0.29) is 12.2 Å². The van der Waals surface area contributed by atoms with E-state index >= 15 is 0 Å². The number of halogens is 2. The molecule has 0 spiro atoms. The van der Waals surface area contributed by atoms with Gasteiger partial charge in [-0.3, -0.25) is 0 Å². The van der Waals surface area contributed by atoms with Crippen LogP contribution in [0.1, 0.15) is 31.2 Å². The number of hydrogen-bond acceptors (Lipinski definition) is 2. The molecule has 1 saturated heterocycles. The second kappa shape index (κ2) is 6.90. The Balaban J connectivity index is 1.87. The van der Waals surface area contributed by atoms with Gasteiger partial charge in [-0.25, -0.2) is 0 Å². The summed E-state index contributed by atoms with van der Waals surface area (Å²) < 4.78 is 6.59. The Morgan fingerprint density at radius 1 is 1.44 bits per heavy atom. The molecule has 2 nitrogen and oxygen atoms in total. The molecule has 1 aromatic carbocycles. The van der Waals surface area contributed by atoms with Gasteiger partial charge in [0.1, 0.15) is 0 Å². The fourth-order valence-corrected chi connectivity index (χ4v) is 3.07. The molecule has 1 fully saturated rings. The molecule has 0 amide bonds. The van der Waals surface area contributed by atoms with E-state index in [0.29, 0.717) is 17.9 Å². The number of aliphatic hydroxyl groups excluding tert-OH is 1. The van der Waals surface area contributed by atoms with E-state index in [1.807, 2.05) is 18.2 Å². The first-order valence-corrected chi connectivity index (χ1v) is 7.56. The molecule has 0 radical (unpaired) electrons.